The Bertz CT molecular complexity index is 596. The van der Waals surface area contributed by atoms with Gasteiger partial charge in [-0.3, -0.25) is 4.68 Å². The van der Waals surface area contributed by atoms with Crippen molar-refractivity contribution in [3.8, 4) is 0 Å². The number of thiophene rings is 1. The van der Waals surface area contributed by atoms with Crippen LogP contribution in [-0.4, -0.2) is 21.5 Å². The molecule has 0 amide bonds. The molecule has 4 nitrogen and oxygen atoms in total. The maximum atomic E-state index is 9.95. The Kier molecular flexibility index (Phi) is 5.19. The van der Waals surface area contributed by atoms with Crippen LogP contribution in [0.3, 0.4) is 0 Å². The van der Waals surface area contributed by atoms with E-state index in [1.54, 1.807) is 11.3 Å². The number of nitrogens with one attached hydrogen (secondary N) is 1. The first-order chi connectivity index (χ1) is 11.1. The average Bonchev–Trinajstić information content (AvgIpc) is 3.12. The molecule has 0 bridgehead atoms. The molecule has 1 fully saturated rings. The van der Waals surface area contributed by atoms with Gasteiger partial charge in [-0.1, -0.05) is 26.3 Å². The highest BCUT2D eigenvalue weighted by molar-refractivity contribution is 7.10. The van der Waals surface area contributed by atoms with Gasteiger partial charge in [-0.2, -0.15) is 5.10 Å². The van der Waals surface area contributed by atoms with Gasteiger partial charge in [0.15, 0.2) is 0 Å². The maximum absolute atomic E-state index is 9.95. The summed E-state index contributed by atoms with van der Waals surface area (Å²) in [6.45, 7) is 6.41. The Balaban J connectivity index is 1.68. The normalized spacial score (nSPS) is 18.1. The second kappa shape index (κ2) is 7.16. The van der Waals surface area contributed by atoms with Crippen LogP contribution in [0.2, 0.25) is 0 Å². The molecule has 5 heteroatoms. The molecule has 23 heavy (non-hydrogen) atoms. The SMILES string of the molecule is CC(C)Cn1cc(CN[C@H](c2cccs2)C2(CO)CCC2)cn1. The minimum Gasteiger partial charge on any atom is -0.396 e. The number of hydrogen-bond acceptors (Lipinski definition) is 4. The fraction of sp³-hybridized carbons (Fsp3) is 0.611. The highest BCUT2D eigenvalue weighted by Crippen LogP contribution is 2.50. The molecule has 1 saturated carbocycles. The van der Waals surface area contributed by atoms with Gasteiger partial charge in [0, 0.05) is 41.2 Å². The standard InChI is InChI=1S/C18H27N3OS/c1-14(2)11-21-12-15(10-20-21)9-19-17(16-5-3-8-23-16)18(13-22)6-4-7-18/h3,5,8,10,12,14,17,19,22H,4,6-7,9,11,13H2,1-2H3/t17-/m1/s1. The van der Waals surface area contributed by atoms with Crippen molar-refractivity contribution < 1.29 is 5.11 Å². The first-order valence-electron chi connectivity index (χ1n) is 8.52. The minimum atomic E-state index is 0.0127. The van der Waals surface area contributed by atoms with E-state index in [4.69, 9.17) is 0 Å². The van der Waals surface area contributed by atoms with Gasteiger partial charge < -0.3 is 10.4 Å². The third-order valence-electron chi connectivity index (χ3n) is 4.85. The van der Waals surface area contributed by atoms with Crippen LogP contribution in [0.4, 0.5) is 0 Å². The van der Waals surface area contributed by atoms with Gasteiger partial charge in [0.2, 0.25) is 0 Å². The molecule has 0 saturated heterocycles. The van der Waals surface area contributed by atoms with Crippen LogP contribution in [-0.2, 0) is 13.1 Å². The third kappa shape index (κ3) is 3.67. The number of rotatable bonds is 8. The lowest BCUT2D eigenvalue weighted by molar-refractivity contribution is 0.00577. The van der Waals surface area contributed by atoms with Gasteiger partial charge in [0.1, 0.15) is 0 Å². The molecule has 1 aliphatic rings. The Morgan fingerprint density at radius 2 is 2.26 bits per heavy atom. The minimum absolute atomic E-state index is 0.0127. The fourth-order valence-electron chi connectivity index (χ4n) is 3.43. The maximum Gasteiger partial charge on any atom is 0.0534 e. The lowest BCUT2D eigenvalue weighted by Crippen LogP contribution is -2.45. The van der Waals surface area contributed by atoms with E-state index < -0.39 is 0 Å². The van der Waals surface area contributed by atoms with Gasteiger partial charge in [-0.05, 0) is 30.2 Å². The number of aliphatic hydroxyl groups is 1. The first kappa shape index (κ1) is 16.7. The molecule has 2 heterocycles. The molecule has 0 unspecified atom stereocenters. The highest BCUT2D eigenvalue weighted by atomic mass is 32.1. The van der Waals surface area contributed by atoms with Crippen molar-refractivity contribution in [2.24, 2.45) is 11.3 Å². The number of aromatic nitrogens is 2. The second-order valence-corrected chi connectivity index (χ2v) is 8.15. The van der Waals surface area contributed by atoms with Crippen molar-refractivity contribution >= 4 is 11.3 Å². The van der Waals surface area contributed by atoms with Crippen molar-refractivity contribution in [2.75, 3.05) is 6.61 Å². The molecule has 1 atom stereocenters. The molecule has 0 aromatic carbocycles. The summed E-state index contributed by atoms with van der Waals surface area (Å²) in [7, 11) is 0. The summed E-state index contributed by atoms with van der Waals surface area (Å²) in [5, 5.41) is 20.2. The zero-order chi connectivity index (χ0) is 16.3. The van der Waals surface area contributed by atoms with E-state index >= 15 is 0 Å². The number of hydrogen-bond donors (Lipinski definition) is 2. The van der Waals surface area contributed by atoms with Crippen molar-refractivity contribution in [3.05, 3.63) is 40.3 Å². The van der Waals surface area contributed by atoms with E-state index in [0.717, 1.165) is 25.9 Å². The molecular formula is C18H27N3OS. The Hall–Kier alpha value is -1.17. The predicted octanol–water partition coefficient (Wildman–Crippen LogP) is 3.59. The highest BCUT2D eigenvalue weighted by Gasteiger charge is 2.44. The smallest absolute Gasteiger partial charge is 0.0534 e. The topological polar surface area (TPSA) is 50.1 Å². The van der Waals surface area contributed by atoms with Crippen molar-refractivity contribution in [3.63, 3.8) is 0 Å². The Morgan fingerprint density at radius 1 is 1.43 bits per heavy atom. The van der Waals surface area contributed by atoms with Gasteiger partial charge in [0.05, 0.1) is 12.8 Å². The quantitative estimate of drug-likeness (QED) is 0.776. The van der Waals surface area contributed by atoms with Gasteiger partial charge in [-0.15, -0.1) is 11.3 Å². The largest absolute Gasteiger partial charge is 0.396 e. The van der Waals surface area contributed by atoms with Crippen LogP contribution in [0, 0.1) is 11.3 Å². The van der Waals surface area contributed by atoms with Crippen LogP contribution >= 0.6 is 11.3 Å². The summed E-state index contributed by atoms with van der Waals surface area (Å²) in [5.41, 5.74) is 1.22. The summed E-state index contributed by atoms with van der Waals surface area (Å²) >= 11 is 1.78. The average molecular weight is 334 g/mol. The third-order valence-corrected chi connectivity index (χ3v) is 5.79. The molecule has 126 valence electrons. The van der Waals surface area contributed by atoms with E-state index in [0.29, 0.717) is 5.92 Å². The monoisotopic (exact) mass is 333 g/mol. The molecule has 0 radical (unpaired) electrons. The van der Waals surface area contributed by atoms with Crippen LogP contribution in [0.15, 0.2) is 29.9 Å². The zero-order valence-electron chi connectivity index (χ0n) is 14.0. The molecule has 2 aromatic rings. The summed E-state index contributed by atoms with van der Waals surface area (Å²) in [6, 6.07) is 4.51. The van der Waals surface area contributed by atoms with Gasteiger partial charge >= 0.3 is 0 Å². The molecule has 3 rings (SSSR count). The van der Waals surface area contributed by atoms with Crippen molar-refractivity contribution in [1.82, 2.24) is 15.1 Å². The Morgan fingerprint density at radius 3 is 2.83 bits per heavy atom. The molecule has 0 spiro atoms. The van der Waals surface area contributed by atoms with Gasteiger partial charge in [-0.25, -0.2) is 0 Å². The first-order valence-corrected chi connectivity index (χ1v) is 9.40. The lowest BCUT2D eigenvalue weighted by atomic mass is 9.64. The fourth-order valence-corrected chi connectivity index (χ4v) is 4.38. The van der Waals surface area contributed by atoms with E-state index in [1.165, 1.54) is 16.9 Å². The van der Waals surface area contributed by atoms with E-state index in [-0.39, 0.29) is 18.1 Å². The van der Waals surface area contributed by atoms with E-state index in [2.05, 4.69) is 48.0 Å². The number of aliphatic hydroxyl groups excluding tert-OH is 1. The molecule has 2 aromatic heterocycles. The summed E-state index contributed by atoms with van der Waals surface area (Å²) in [6.07, 6.45) is 7.51. The summed E-state index contributed by atoms with van der Waals surface area (Å²) in [5.74, 6) is 0.599. The molecule has 1 aliphatic carbocycles. The van der Waals surface area contributed by atoms with E-state index in [1.807, 2.05) is 10.9 Å². The molecule has 2 N–H and O–H groups in total. The summed E-state index contributed by atoms with van der Waals surface area (Å²) in [4.78, 5) is 1.33. The number of nitrogens with zero attached hydrogens (tertiary/aromatic N) is 2. The van der Waals surface area contributed by atoms with Crippen LogP contribution < -0.4 is 5.32 Å². The van der Waals surface area contributed by atoms with Gasteiger partial charge in [0.25, 0.3) is 0 Å². The van der Waals surface area contributed by atoms with E-state index in [9.17, 15) is 5.11 Å². The van der Waals surface area contributed by atoms with Crippen LogP contribution in [0.5, 0.6) is 0 Å². The second-order valence-electron chi connectivity index (χ2n) is 7.17. The van der Waals surface area contributed by atoms with Crippen LogP contribution in [0.1, 0.15) is 49.6 Å². The Labute approximate surface area is 142 Å². The van der Waals surface area contributed by atoms with Crippen molar-refractivity contribution in [1.29, 1.82) is 0 Å². The summed E-state index contributed by atoms with van der Waals surface area (Å²) < 4.78 is 2.02. The lowest BCUT2D eigenvalue weighted by Gasteiger charge is -2.46. The predicted molar refractivity (Wildman–Crippen MR) is 94.3 cm³/mol. The van der Waals surface area contributed by atoms with Crippen molar-refractivity contribution in [2.45, 2.75) is 52.2 Å². The molecule has 0 aliphatic heterocycles. The van der Waals surface area contributed by atoms with Crippen LogP contribution in [0.25, 0.3) is 0 Å². The molecular weight excluding hydrogens is 306 g/mol. The zero-order valence-corrected chi connectivity index (χ0v) is 14.9.